The number of carboxylic acid groups (broad SMARTS) is 1. The van der Waals surface area contributed by atoms with E-state index in [0.717, 1.165) is 0 Å². The molecular formula is C13H11N5O2. The Balaban J connectivity index is 2.48. The van der Waals surface area contributed by atoms with E-state index in [1.807, 2.05) is 12.1 Å². The number of rotatable bonds is 4. The normalized spacial score (nSPS) is 9.75. The first-order chi connectivity index (χ1) is 9.61. The Morgan fingerprint density at radius 1 is 1.35 bits per heavy atom. The van der Waals surface area contributed by atoms with Crippen LogP contribution in [0.25, 0.3) is 11.3 Å². The first kappa shape index (κ1) is 13.3. The Hall–Kier alpha value is -3.14. The van der Waals surface area contributed by atoms with Crippen molar-refractivity contribution in [2.45, 2.75) is 0 Å². The highest BCUT2D eigenvalue weighted by Gasteiger charge is 2.14. The van der Waals surface area contributed by atoms with Crippen LogP contribution in [0.15, 0.2) is 30.3 Å². The minimum Gasteiger partial charge on any atom is -0.480 e. The molecule has 0 bridgehead atoms. The van der Waals surface area contributed by atoms with Crippen molar-refractivity contribution in [2.75, 3.05) is 17.6 Å². The van der Waals surface area contributed by atoms with Gasteiger partial charge in [-0.1, -0.05) is 30.3 Å². The lowest BCUT2D eigenvalue weighted by Crippen LogP contribution is -2.15. The van der Waals surface area contributed by atoms with Crippen molar-refractivity contribution in [1.82, 2.24) is 9.97 Å². The summed E-state index contributed by atoms with van der Waals surface area (Å²) in [6.07, 6.45) is 0. The van der Waals surface area contributed by atoms with Gasteiger partial charge in [-0.25, -0.2) is 4.98 Å². The van der Waals surface area contributed by atoms with Crippen LogP contribution in [-0.4, -0.2) is 27.6 Å². The molecular weight excluding hydrogens is 258 g/mol. The number of hydrogen-bond acceptors (Lipinski definition) is 6. The van der Waals surface area contributed by atoms with Crippen molar-refractivity contribution in [1.29, 1.82) is 5.26 Å². The molecule has 0 radical (unpaired) electrons. The number of hydrogen-bond donors (Lipinski definition) is 3. The van der Waals surface area contributed by atoms with Crippen LogP contribution >= 0.6 is 0 Å². The number of aromatic nitrogens is 2. The number of carbonyl (C=O) groups is 1. The summed E-state index contributed by atoms with van der Waals surface area (Å²) < 4.78 is 0. The molecule has 7 nitrogen and oxygen atoms in total. The van der Waals surface area contributed by atoms with Crippen molar-refractivity contribution < 1.29 is 9.90 Å². The predicted octanol–water partition coefficient (Wildman–Crippen LogP) is 1.09. The van der Waals surface area contributed by atoms with Crippen LogP contribution in [0.4, 0.5) is 11.8 Å². The van der Waals surface area contributed by atoms with Crippen LogP contribution in [0.2, 0.25) is 0 Å². The molecule has 2 aromatic rings. The van der Waals surface area contributed by atoms with E-state index in [-0.39, 0.29) is 23.9 Å². The Labute approximate surface area is 114 Å². The van der Waals surface area contributed by atoms with Gasteiger partial charge in [0.15, 0.2) is 0 Å². The molecule has 0 aliphatic heterocycles. The fourth-order valence-electron chi connectivity index (χ4n) is 1.63. The number of nitrogen functional groups attached to an aromatic ring is 1. The minimum atomic E-state index is -1.04. The van der Waals surface area contributed by atoms with Crippen LogP contribution in [0.1, 0.15) is 5.56 Å². The highest BCUT2D eigenvalue weighted by molar-refractivity contribution is 5.75. The molecule has 4 N–H and O–H groups in total. The average Bonchev–Trinajstić information content (AvgIpc) is 2.45. The molecule has 0 spiro atoms. The summed E-state index contributed by atoms with van der Waals surface area (Å²) in [6, 6.07) is 11.0. The standard InChI is InChI=1S/C13H11N5O2/c14-6-9-11(8-4-2-1-3-5-8)17-13(18-12(9)15)16-7-10(19)20/h1-5H,7H2,(H,19,20)(H3,15,16,17,18). The average molecular weight is 269 g/mol. The van der Waals surface area contributed by atoms with Crippen LogP contribution in [0, 0.1) is 11.3 Å². The van der Waals surface area contributed by atoms with Crippen LogP contribution < -0.4 is 11.1 Å². The van der Waals surface area contributed by atoms with E-state index in [9.17, 15) is 4.79 Å². The van der Waals surface area contributed by atoms with E-state index < -0.39 is 5.97 Å². The molecule has 100 valence electrons. The van der Waals surface area contributed by atoms with E-state index in [2.05, 4.69) is 15.3 Å². The Morgan fingerprint density at radius 3 is 2.65 bits per heavy atom. The second-order valence-corrected chi connectivity index (χ2v) is 3.88. The van der Waals surface area contributed by atoms with Crippen LogP contribution in [0.3, 0.4) is 0 Å². The van der Waals surface area contributed by atoms with Gasteiger partial charge in [0, 0.05) is 5.56 Å². The zero-order valence-electron chi connectivity index (χ0n) is 10.4. The summed E-state index contributed by atoms with van der Waals surface area (Å²) in [7, 11) is 0. The smallest absolute Gasteiger partial charge is 0.322 e. The zero-order valence-corrected chi connectivity index (χ0v) is 10.4. The molecule has 1 heterocycles. The van der Waals surface area contributed by atoms with Crippen LogP contribution in [0.5, 0.6) is 0 Å². The number of aliphatic carboxylic acids is 1. The van der Waals surface area contributed by atoms with Gasteiger partial charge in [0.25, 0.3) is 0 Å². The maximum Gasteiger partial charge on any atom is 0.322 e. The van der Waals surface area contributed by atoms with E-state index in [0.29, 0.717) is 11.3 Å². The third-order valence-corrected chi connectivity index (χ3v) is 2.49. The summed E-state index contributed by atoms with van der Waals surface area (Å²) in [6.45, 7) is -0.334. The predicted molar refractivity (Wildman–Crippen MR) is 72.7 cm³/mol. The lowest BCUT2D eigenvalue weighted by atomic mass is 10.1. The number of benzene rings is 1. The lowest BCUT2D eigenvalue weighted by molar-refractivity contribution is -0.134. The van der Waals surface area contributed by atoms with Gasteiger partial charge >= 0.3 is 5.97 Å². The fraction of sp³-hybridized carbons (Fsp3) is 0.0769. The van der Waals surface area contributed by atoms with Crippen LogP contribution in [-0.2, 0) is 4.79 Å². The SMILES string of the molecule is N#Cc1c(N)nc(NCC(=O)O)nc1-c1ccccc1. The van der Waals surface area contributed by atoms with Crippen molar-refractivity contribution in [2.24, 2.45) is 0 Å². The maximum atomic E-state index is 10.5. The van der Waals surface area contributed by atoms with Crippen molar-refractivity contribution in [3.05, 3.63) is 35.9 Å². The summed E-state index contributed by atoms with van der Waals surface area (Å²) >= 11 is 0. The Kier molecular flexibility index (Phi) is 3.77. The van der Waals surface area contributed by atoms with Gasteiger partial charge in [-0.3, -0.25) is 4.79 Å². The monoisotopic (exact) mass is 269 g/mol. The van der Waals surface area contributed by atoms with Gasteiger partial charge < -0.3 is 16.2 Å². The molecule has 0 aliphatic carbocycles. The fourth-order valence-corrected chi connectivity index (χ4v) is 1.63. The largest absolute Gasteiger partial charge is 0.480 e. The van der Waals surface area contributed by atoms with E-state index >= 15 is 0 Å². The summed E-state index contributed by atoms with van der Waals surface area (Å²) in [5.41, 5.74) is 6.95. The Bertz CT molecular complexity index is 679. The molecule has 0 saturated heterocycles. The highest BCUT2D eigenvalue weighted by atomic mass is 16.4. The molecule has 2 rings (SSSR count). The van der Waals surface area contributed by atoms with E-state index in [1.54, 1.807) is 24.3 Å². The molecule has 7 heteroatoms. The van der Waals surface area contributed by atoms with E-state index in [1.165, 1.54) is 0 Å². The van der Waals surface area contributed by atoms with Gasteiger partial charge in [-0.05, 0) is 0 Å². The van der Waals surface area contributed by atoms with Crippen molar-refractivity contribution in [3.63, 3.8) is 0 Å². The number of nitrogens with one attached hydrogen (secondary N) is 1. The van der Waals surface area contributed by atoms with Gasteiger partial charge in [-0.2, -0.15) is 10.2 Å². The number of anilines is 2. The van der Waals surface area contributed by atoms with Gasteiger partial charge in [0.05, 0.1) is 5.69 Å². The molecule has 0 unspecified atom stereocenters. The summed E-state index contributed by atoms with van der Waals surface area (Å²) in [5, 5.41) is 20.3. The third-order valence-electron chi connectivity index (χ3n) is 2.49. The molecule has 0 aliphatic rings. The molecule has 0 amide bonds. The zero-order chi connectivity index (χ0) is 14.5. The molecule has 1 aromatic carbocycles. The topological polar surface area (TPSA) is 125 Å². The number of nitrogens with zero attached hydrogens (tertiary/aromatic N) is 3. The highest BCUT2D eigenvalue weighted by Crippen LogP contribution is 2.25. The molecule has 1 aromatic heterocycles. The van der Waals surface area contributed by atoms with Gasteiger partial charge in [0.1, 0.15) is 24.0 Å². The second kappa shape index (κ2) is 5.67. The maximum absolute atomic E-state index is 10.5. The lowest BCUT2D eigenvalue weighted by Gasteiger charge is -2.09. The Morgan fingerprint density at radius 2 is 2.05 bits per heavy atom. The third kappa shape index (κ3) is 2.81. The first-order valence-corrected chi connectivity index (χ1v) is 5.70. The quantitative estimate of drug-likeness (QED) is 0.758. The molecule has 0 atom stereocenters. The summed E-state index contributed by atoms with van der Waals surface area (Å²) in [4.78, 5) is 18.6. The first-order valence-electron chi connectivity index (χ1n) is 5.70. The molecule has 0 saturated carbocycles. The van der Waals surface area contributed by atoms with Gasteiger partial charge in [0.2, 0.25) is 5.95 Å². The number of nitrogens with two attached hydrogens (primary N) is 1. The van der Waals surface area contributed by atoms with Crippen molar-refractivity contribution >= 4 is 17.7 Å². The van der Waals surface area contributed by atoms with Crippen molar-refractivity contribution in [3.8, 4) is 17.3 Å². The molecule has 20 heavy (non-hydrogen) atoms. The minimum absolute atomic E-state index is 0.00856. The summed E-state index contributed by atoms with van der Waals surface area (Å²) in [5.74, 6) is -0.963. The van der Waals surface area contributed by atoms with Gasteiger partial charge in [-0.15, -0.1) is 0 Å². The molecule has 0 fully saturated rings. The number of carboxylic acids is 1. The second-order valence-electron chi connectivity index (χ2n) is 3.88. The number of nitriles is 1. The van der Waals surface area contributed by atoms with E-state index in [4.69, 9.17) is 16.1 Å².